The number of hydrogen-bond donors (Lipinski definition) is 0. The van der Waals surface area contributed by atoms with E-state index in [1.807, 2.05) is 0 Å². The molecule has 4 heteroatoms. The van der Waals surface area contributed by atoms with Crippen molar-refractivity contribution >= 4 is 5.97 Å². The van der Waals surface area contributed by atoms with Crippen LogP contribution in [-0.2, 0) is 9.47 Å². The van der Waals surface area contributed by atoms with Crippen LogP contribution in [0.1, 0.15) is 48.9 Å². The van der Waals surface area contributed by atoms with Gasteiger partial charge in [-0.25, -0.2) is 4.79 Å². The average Bonchev–Trinajstić information content (AvgIpc) is 2.98. The Morgan fingerprint density at radius 1 is 1.19 bits per heavy atom. The second-order valence-electron chi connectivity index (χ2n) is 5.97. The van der Waals surface area contributed by atoms with Gasteiger partial charge in [-0.3, -0.25) is 0 Å². The van der Waals surface area contributed by atoms with E-state index in [0.717, 1.165) is 50.9 Å². The van der Waals surface area contributed by atoms with Gasteiger partial charge in [0.15, 0.2) is 0 Å². The first-order valence-electron chi connectivity index (χ1n) is 7.70. The summed E-state index contributed by atoms with van der Waals surface area (Å²) in [7, 11) is 1.61. The lowest BCUT2D eigenvalue weighted by molar-refractivity contribution is -0.0575. The number of benzene rings is 1. The zero-order valence-electron chi connectivity index (χ0n) is 12.5. The maximum absolute atomic E-state index is 12.1. The predicted molar refractivity (Wildman–Crippen MR) is 78.6 cm³/mol. The lowest BCUT2D eigenvalue weighted by Gasteiger charge is -2.36. The molecule has 114 valence electrons. The van der Waals surface area contributed by atoms with Crippen LogP contribution in [0, 0.1) is 0 Å². The van der Waals surface area contributed by atoms with Gasteiger partial charge in [0.1, 0.15) is 11.9 Å². The van der Waals surface area contributed by atoms with Gasteiger partial charge >= 0.3 is 5.97 Å². The topological polar surface area (TPSA) is 44.8 Å². The summed E-state index contributed by atoms with van der Waals surface area (Å²) in [4.78, 5) is 12.1. The molecule has 3 rings (SSSR count). The SMILES string of the molecule is COc1ccc(C(=O)OC2CCC3(CCCO3)CC2)cc1. The van der Waals surface area contributed by atoms with Crippen molar-refractivity contribution in [1.29, 1.82) is 0 Å². The van der Waals surface area contributed by atoms with E-state index in [2.05, 4.69) is 0 Å². The van der Waals surface area contributed by atoms with E-state index in [0.29, 0.717) is 5.56 Å². The molecule has 0 radical (unpaired) electrons. The lowest BCUT2D eigenvalue weighted by atomic mass is 9.81. The highest BCUT2D eigenvalue weighted by atomic mass is 16.5. The van der Waals surface area contributed by atoms with E-state index in [1.54, 1.807) is 31.4 Å². The Morgan fingerprint density at radius 2 is 1.90 bits per heavy atom. The molecule has 0 amide bonds. The first kappa shape index (κ1) is 14.4. The summed E-state index contributed by atoms with van der Waals surface area (Å²) in [5.74, 6) is 0.496. The highest BCUT2D eigenvalue weighted by molar-refractivity contribution is 5.89. The van der Waals surface area contributed by atoms with Crippen molar-refractivity contribution in [2.24, 2.45) is 0 Å². The van der Waals surface area contributed by atoms with Crippen LogP contribution in [0.15, 0.2) is 24.3 Å². The van der Waals surface area contributed by atoms with E-state index >= 15 is 0 Å². The molecule has 1 saturated heterocycles. The predicted octanol–water partition coefficient (Wildman–Crippen LogP) is 3.34. The molecule has 1 aliphatic carbocycles. The number of ether oxygens (including phenoxy) is 3. The van der Waals surface area contributed by atoms with Crippen molar-refractivity contribution in [2.45, 2.75) is 50.2 Å². The fraction of sp³-hybridized carbons (Fsp3) is 0.588. The Labute approximate surface area is 125 Å². The quantitative estimate of drug-likeness (QED) is 0.801. The Hall–Kier alpha value is -1.55. The van der Waals surface area contributed by atoms with Crippen LogP contribution in [0.3, 0.4) is 0 Å². The first-order chi connectivity index (χ1) is 10.2. The van der Waals surface area contributed by atoms with Crippen molar-refractivity contribution in [1.82, 2.24) is 0 Å². The van der Waals surface area contributed by atoms with Crippen LogP contribution >= 0.6 is 0 Å². The van der Waals surface area contributed by atoms with Crippen LogP contribution in [0.2, 0.25) is 0 Å². The van der Waals surface area contributed by atoms with E-state index in [4.69, 9.17) is 14.2 Å². The fourth-order valence-corrected chi connectivity index (χ4v) is 3.33. The molecule has 1 aromatic rings. The average molecular weight is 290 g/mol. The smallest absolute Gasteiger partial charge is 0.338 e. The first-order valence-corrected chi connectivity index (χ1v) is 7.70. The summed E-state index contributed by atoms with van der Waals surface area (Å²) in [5.41, 5.74) is 0.663. The lowest BCUT2D eigenvalue weighted by Crippen LogP contribution is -2.36. The largest absolute Gasteiger partial charge is 0.497 e. The minimum Gasteiger partial charge on any atom is -0.497 e. The third-order valence-electron chi connectivity index (χ3n) is 4.63. The minimum atomic E-state index is -0.244. The molecule has 2 aliphatic rings. The van der Waals surface area contributed by atoms with E-state index in [-0.39, 0.29) is 17.7 Å². The van der Waals surface area contributed by atoms with Crippen LogP contribution in [-0.4, -0.2) is 31.4 Å². The molecule has 0 atom stereocenters. The molecule has 1 spiro atoms. The standard InChI is InChI=1S/C17H22O4/c1-19-14-5-3-13(4-6-14)16(18)21-15-7-10-17(11-8-15)9-2-12-20-17/h3-6,15H,2,7-12H2,1H3. The van der Waals surface area contributed by atoms with Crippen LogP contribution in [0.5, 0.6) is 5.75 Å². The molecule has 0 N–H and O–H groups in total. The molecule has 0 aromatic heterocycles. The second-order valence-corrected chi connectivity index (χ2v) is 5.97. The van der Waals surface area contributed by atoms with E-state index in [1.165, 1.54) is 0 Å². The number of esters is 1. The van der Waals surface area contributed by atoms with Crippen LogP contribution < -0.4 is 4.74 Å². The van der Waals surface area contributed by atoms with Crippen LogP contribution in [0.25, 0.3) is 0 Å². The molecule has 21 heavy (non-hydrogen) atoms. The van der Waals surface area contributed by atoms with Gasteiger partial charge in [0.05, 0.1) is 18.3 Å². The summed E-state index contributed by atoms with van der Waals surface area (Å²) in [6.07, 6.45) is 6.17. The summed E-state index contributed by atoms with van der Waals surface area (Å²) >= 11 is 0. The molecule has 4 nitrogen and oxygen atoms in total. The van der Waals surface area contributed by atoms with Crippen molar-refractivity contribution < 1.29 is 19.0 Å². The molecule has 1 saturated carbocycles. The van der Waals surface area contributed by atoms with Gasteiger partial charge in [0.2, 0.25) is 0 Å². The molecule has 1 heterocycles. The monoisotopic (exact) mass is 290 g/mol. The van der Waals surface area contributed by atoms with Crippen molar-refractivity contribution in [3.8, 4) is 5.75 Å². The summed E-state index contributed by atoms with van der Waals surface area (Å²) in [6.45, 7) is 0.885. The Morgan fingerprint density at radius 3 is 2.48 bits per heavy atom. The van der Waals surface area contributed by atoms with Gasteiger partial charge in [-0.1, -0.05) is 0 Å². The number of rotatable bonds is 3. The molecule has 1 aliphatic heterocycles. The van der Waals surface area contributed by atoms with Crippen molar-refractivity contribution in [2.75, 3.05) is 13.7 Å². The fourth-order valence-electron chi connectivity index (χ4n) is 3.33. The van der Waals surface area contributed by atoms with Gasteiger partial charge in [-0.05, 0) is 62.8 Å². The normalized spacial score (nSPS) is 28.5. The number of carbonyl (C=O) groups excluding carboxylic acids is 1. The Kier molecular flexibility index (Phi) is 4.15. The Bertz CT molecular complexity index is 478. The van der Waals surface area contributed by atoms with Crippen LogP contribution in [0.4, 0.5) is 0 Å². The van der Waals surface area contributed by atoms with E-state index in [9.17, 15) is 4.79 Å². The number of hydrogen-bond acceptors (Lipinski definition) is 4. The second kappa shape index (κ2) is 6.06. The highest BCUT2D eigenvalue weighted by Gasteiger charge is 2.39. The third kappa shape index (κ3) is 3.21. The summed E-state index contributed by atoms with van der Waals surface area (Å²) in [5, 5.41) is 0. The third-order valence-corrected chi connectivity index (χ3v) is 4.63. The zero-order valence-corrected chi connectivity index (χ0v) is 12.5. The van der Waals surface area contributed by atoms with Gasteiger partial charge in [0, 0.05) is 6.61 Å². The Balaban J connectivity index is 1.53. The van der Waals surface area contributed by atoms with Gasteiger partial charge in [0.25, 0.3) is 0 Å². The number of methoxy groups -OCH3 is 1. The van der Waals surface area contributed by atoms with Crippen molar-refractivity contribution in [3.05, 3.63) is 29.8 Å². The molecular weight excluding hydrogens is 268 g/mol. The minimum absolute atomic E-state index is 0.0226. The summed E-state index contributed by atoms with van der Waals surface area (Å²) < 4.78 is 16.6. The molecule has 0 unspecified atom stereocenters. The number of carbonyl (C=O) groups is 1. The molecule has 2 fully saturated rings. The van der Waals surface area contributed by atoms with Gasteiger partial charge in [-0.15, -0.1) is 0 Å². The van der Waals surface area contributed by atoms with E-state index < -0.39 is 0 Å². The van der Waals surface area contributed by atoms with Gasteiger partial charge < -0.3 is 14.2 Å². The molecular formula is C17H22O4. The molecule has 1 aromatic carbocycles. The van der Waals surface area contributed by atoms with Crippen molar-refractivity contribution in [3.63, 3.8) is 0 Å². The summed E-state index contributed by atoms with van der Waals surface area (Å²) in [6, 6.07) is 7.04. The van der Waals surface area contributed by atoms with Gasteiger partial charge in [-0.2, -0.15) is 0 Å². The molecule has 0 bridgehead atoms. The maximum Gasteiger partial charge on any atom is 0.338 e. The maximum atomic E-state index is 12.1. The highest BCUT2D eigenvalue weighted by Crippen LogP contribution is 2.40. The zero-order chi connectivity index (χ0) is 14.7.